The maximum absolute atomic E-state index is 12.3. The molecule has 11 nitrogen and oxygen atoms in total. The molecule has 1 aromatic rings. The number of ether oxygens (including phenoxy) is 8. The Labute approximate surface area is 321 Å². The molecule has 3 aliphatic rings. The molecule has 0 aromatic heterocycles. The Bertz CT molecular complexity index is 1400. The van der Waals surface area contributed by atoms with Gasteiger partial charge in [0.05, 0.1) is 49.3 Å². The molecule has 0 radical (unpaired) electrons. The molecule has 0 atom stereocenters. The molecule has 11 heteroatoms. The van der Waals surface area contributed by atoms with E-state index in [1.165, 1.54) is 38.2 Å². The van der Waals surface area contributed by atoms with E-state index in [4.69, 9.17) is 37.9 Å². The Morgan fingerprint density at radius 1 is 0.556 bits per heavy atom. The fraction of sp³-hybridized carbons (Fsp3) is 0.651. The van der Waals surface area contributed by atoms with Crippen LogP contribution in [-0.4, -0.2) is 97.7 Å². The highest BCUT2D eigenvalue weighted by Crippen LogP contribution is 2.47. The van der Waals surface area contributed by atoms with Gasteiger partial charge in [-0.2, -0.15) is 0 Å². The van der Waals surface area contributed by atoms with Crippen molar-refractivity contribution < 1.29 is 52.3 Å². The smallest absolute Gasteiger partial charge is 0.336 e. The van der Waals surface area contributed by atoms with Crippen molar-refractivity contribution in [1.82, 2.24) is 0 Å². The number of hydrogen-bond donors (Lipinski definition) is 0. The van der Waals surface area contributed by atoms with Crippen LogP contribution in [0.4, 0.5) is 0 Å². The first-order chi connectivity index (χ1) is 26.1. The lowest BCUT2D eigenvalue weighted by molar-refractivity contribution is -0.147. The largest absolute Gasteiger partial charge is 0.490 e. The highest BCUT2D eigenvalue weighted by atomic mass is 16.6. The van der Waals surface area contributed by atoms with E-state index in [1.807, 2.05) is 6.07 Å². The van der Waals surface area contributed by atoms with E-state index in [9.17, 15) is 14.4 Å². The van der Waals surface area contributed by atoms with Crippen LogP contribution in [0.1, 0.15) is 100 Å². The van der Waals surface area contributed by atoms with Crippen LogP contribution in [0.5, 0.6) is 5.75 Å². The van der Waals surface area contributed by atoms with Crippen molar-refractivity contribution >= 4 is 17.9 Å². The van der Waals surface area contributed by atoms with Crippen LogP contribution >= 0.6 is 0 Å². The van der Waals surface area contributed by atoms with E-state index in [0.717, 1.165) is 70.0 Å². The lowest BCUT2D eigenvalue weighted by Crippen LogP contribution is -2.30. The zero-order valence-electron chi connectivity index (χ0n) is 32.7. The van der Waals surface area contributed by atoms with Crippen molar-refractivity contribution in [3.63, 3.8) is 0 Å². The Morgan fingerprint density at radius 3 is 1.57 bits per heavy atom. The molecule has 0 amide bonds. The van der Waals surface area contributed by atoms with Crippen LogP contribution in [0.2, 0.25) is 0 Å². The zero-order chi connectivity index (χ0) is 38.9. The second-order valence-electron chi connectivity index (χ2n) is 14.9. The molecule has 54 heavy (non-hydrogen) atoms. The minimum atomic E-state index is -0.482. The van der Waals surface area contributed by atoms with Crippen LogP contribution in [0, 0.1) is 11.8 Å². The average Bonchev–Trinajstić information content (AvgIpc) is 3.19. The summed E-state index contributed by atoms with van der Waals surface area (Å²) < 4.78 is 43.5. The molecule has 3 saturated carbocycles. The molecule has 4 rings (SSSR count). The molecule has 300 valence electrons. The number of methoxy groups -OCH3 is 3. The molecule has 0 saturated heterocycles. The summed E-state index contributed by atoms with van der Waals surface area (Å²) in [6.45, 7) is 12.6. The van der Waals surface area contributed by atoms with Crippen LogP contribution in [0.15, 0.2) is 54.7 Å². The van der Waals surface area contributed by atoms with Crippen LogP contribution in [0.25, 0.3) is 0 Å². The van der Waals surface area contributed by atoms with Crippen molar-refractivity contribution in [2.24, 2.45) is 11.8 Å². The lowest BCUT2D eigenvalue weighted by atomic mass is 9.68. The van der Waals surface area contributed by atoms with Gasteiger partial charge in [-0.1, -0.05) is 25.8 Å². The number of esters is 3. The van der Waals surface area contributed by atoms with Gasteiger partial charge in [-0.15, -0.1) is 0 Å². The summed E-state index contributed by atoms with van der Waals surface area (Å²) >= 11 is 0. The predicted molar refractivity (Wildman–Crippen MR) is 204 cm³/mol. The first kappa shape index (κ1) is 43.2. The summed E-state index contributed by atoms with van der Waals surface area (Å²) in [6.07, 6.45) is 12.6. The number of carbonyl (C=O) groups is 3. The molecule has 0 spiro atoms. The fourth-order valence-electron chi connectivity index (χ4n) is 8.27. The molecule has 0 heterocycles. The van der Waals surface area contributed by atoms with Gasteiger partial charge in [0.15, 0.2) is 0 Å². The van der Waals surface area contributed by atoms with Gasteiger partial charge in [0.1, 0.15) is 31.7 Å². The predicted octanol–water partition coefficient (Wildman–Crippen LogP) is 7.18. The minimum absolute atomic E-state index is 0.0405. The molecule has 0 bridgehead atoms. The first-order valence-corrected chi connectivity index (χ1v) is 19.6. The molecule has 0 N–H and O–H groups in total. The van der Waals surface area contributed by atoms with Gasteiger partial charge < -0.3 is 37.9 Å². The van der Waals surface area contributed by atoms with Gasteiger partial charge in [0.2, 0.25) is 0 Å². The third-order valence-electron chi connectivity index (χ3n) is 11.1. The highest BCUT2D eigenvalue weighted by Gasteiger charge is 2.34. The summed E-state index contributed by atoms with van der Waals surface area (Å²) in [5, 5.41) is 0. The van der Waals surface area contributed by atoms with Crippen LogP contribution < -0.4 is 4.74 Å². The Balaban J connectivity index is 1.32. The monoisotopic (exact) mass is 754 g/mol. The lowest BCUT2D eigenvalue weighted by Gasteiger charge is -2.39. The van der Waals surface area contributed by atoms with Crippen molar-refractivity contribution in [2.75, 3.05) is 67.6 Å². The number of carbonyl (C=O) groups excluding carboxylic acids is 3. The minimum Gasteiger partial charge on any atom is -0.490 e. The number of benzene rings is 1. The summed E-state index contributed by atoms with van der Waals surface area (Å²) in [4.78, 5) is 36.4. The normalized spacial score (nSPS) is 24.2. The molecule has 0 aliphatic heterocycles. The third-order valence-corrected chi connectivity index (χ3v) is 11.1. The molecule has 3 fully saturated rings. The van der Waals surface area contributed by atoms with E-state index in [2.05, 4.69) is 31.9 Å². The summed E-state index contributed by atoms with van der Waals surface area (Å²) in [5.74, 6) is 1.69. The second kappa shape index (κ2) is 22.8. The number of rotatable bonds is 21. The number of hydrogen-bond acceptors (Lipinski definition) is 11. The second-order valence-corrected chi connectivity index (χ2v) is 14.9. The van der Waals surface area contributed by atoms with E-state index < -0.39 is 11.9 Å². The average molecular weight is 755 g/mol. The quantitative estimate of drug-likeness (QED) is 0.0549. The van der Waals surface area contributed by atoms with Gasteiger partial charge in [0, 0.05) is 21.3 Å². The Hall–Kier alpha value is -3.51. The van der Waals surface area contributed by atoms with Gasteiger partial charge >= 0.3 is 17.9 Å². The Kier molecular flexibility index (Phi) is 18.2. The fourth-order valence-corrected chi connectivity index (χ4v) is 8.27. The SMILES string of the molecule is C=C(COC)C(=O)OCCOc1ccc(C2CCC(OCCOC(=O)C(=C)COC)CC2)c(C2CCC(C3CCC(OC(=O)C(=C)COC)CC3)CC2)c1. The summed E-state index contributed by atoms with van der Waals surface area (Å²) in [6, 6.07) is 6.50. The summed E-state index contributed by atoms with van der Waals surface area (Å²) in [7, 11) is 4.57. The van der Waals surface area contributed by atoms with Crippen molar-refractivity contribution in [1.29, 1.82) is 0 Å². The zero-order valence-corrected chi connectivity index (χ0v) is 32.7. The topological polar surface area (TPSA) is 125 Å². The van der Waals surface area contributed by atoms with Gasteiger partial charge in [-0.05, 0) is 124 Å². The van der Waals surface area contributed by atoms with Gasteiger partial charge in [-0.25, -0.2) is 14.4 Å². The maximum atomic E-state index is 12.3. The highest BCUT2D eigenvalue weighted by molar-refractivity contribution is 5.88. The van der Waals surface area contributed by atoms with Crippen LogP contribution in [-0.2, 0) is 47.5 Å². The van der Waals surface area contributed by atoms with Crippen molar-refractivity contribution in [2.45, 2.75) is 101 Å². The van der Waals surface area contributed by atoms with Crippen LogP contribution in [0.3, 0.4) is 0 Å². The molecule has 1 aromatic carbocycles. The van der Waals surface area contributed by atoms with Crippen molar-refractivity contribution in [3.05, 3.63) is 65.8 Å². The van der Waals surface area contributed by atoms with Crippen molar-refractivity contribution in [3.8, 4) is 5.75 Å². The van der Waals surface area contributed by atoms with Gasteiger partial charge in [0.25, 0.3) is 0 Å². The molecule has 0 unspecified atom stereocenters. The molecular formula is C43H62O11. The third kappa shape index (κ3) is 13.4. The first-order valence-electron chi connectivity index (χ1n) is 19.6. The molecular weight excluding hydrogens is 692 g/mol. The van der Waals surface area contributed by atoms with E-state index in [1.54, 1.807) is 7.11 Å². The van der Waals surface area contributed by atoms with Gasteiger partial charge in [-0.3, -0.25) is 0 Å². The standard InChI is InChI=1S/C43H62O11/c1-29(26-47-4)41(44)52-23-21-50-36-15-13-34(14-16-36)39-20-19-38(51-22-24-53-42(45)30(2)27-48-5)25-40(39)35-9-7-32(8-10-35)33-11-17-37(18-12-33)54-43(46)31(3)28-49-6/h19-20,25,32-37H,1-3,7-18,21-24,26-28H2,4-6H3. The van der Waals surface area contributed by atoms with E-state index >= 15 is 0 Å². The Morgan fingerprint density at radius 2 is 1.02 bits per heavy atom. The van der Waals surface area contributed by atoms with E-state index in [0.29, 0.717) is 41.4 Å². The molecule has 3 aliphatic carbocycles. The van der Waals surface area contributed by atoms with E-state index in [-0.39, 0.29) is 63.4 Å². The maximum Gasteiger partial charge on any atom is 0.336 e. The summed E-state index contributed by atoms with van der Waals surface area (Å²) in [5.41, 5.74) is 3.69.